The number of aromatic nitrogens is 3. The highest BCUT2D eigenvalue weighted by Gasteiger charge is 2.15. The minimum Gasteiger partial charge on any atom is -0.333 e. The Morgan fingerprint density at radius 3 is 3.10 bits per heavy atom. The highest BCUT2D eigenvalue weighted by molar-refractivity contribution is 6.07. The molecule has 1 aliphatic heterocycles. The van der Waals surface area contributed by atoms with Gasteiger partial charge >= 0.3 is 0 Å². The molecule has 0 N–H and O–H groups in total. The van der Waals surface area contributed by atoms with Gasteiger partial charge in [-0.3, -0.25) is 9.78 Å². The van der Waals surface area contributed by atoms with E-state index in [2.05, 4.69) is 9.97 Å². The maximum atomic E-state index is 12.6. The lowest BCUT2D eigenvalue weighted by Crippen LogP contribution is -2.36. The minimum absolute atomic E-state index is 0.0376. The van der Waals surface area contributed by atoms with Crippen LogP contribution in [-0.2, 0) is 6.54 Å². The van der Waals surface area contributed by atoms with E-state index in [1.165, 1.54) is 0 Å². The Morgan fingerprint density at radius 2 is 2.25 bits per heavy atom. The molecule has 0 atom stereocenters. The molecule has 0 saturated carbocycles. The standard InChI is InChI=1S/C15H8N4O/c16-7-10-14-13-9(4-5-17-14)15(20)11-3-1-2-6-19(11)12(13)8-18-10/h1-5,8H,6H2. The first kappa shape index (κ1) is 10.9. The minimum atomic E-state index is -0.0376. The van der Waals surface area contributed by atoms with Crippen LogP contribution in [0, 0.1) is 11.3 Å². The van der Waals surface area contributed by atoms with Crippen molar-refractivity contribution >= 4 is 27.9 Å². The molecule has 0 aromatic carbocycles. The zero-order chi connectivity index (χ0) is 13.7. The number of fused-ring (bicyclic) bond motifs is 2. The van der Waals surface area contributed by atoms with Gasteiger partial charge in [-0.2, -0.15) is 5.26 Å². The van der Waals surface area contributed by atoms with Crippen molar-refractivity contribution < 1.29 is 0 Å². The van der Waals surface area contributed by atoms with Gasteiger partial charge in [0, 0.05) is 23.5 Å². The highest BCUT2D eigenvalue weighted by atomic mass is 16.1. The van der Waals surface area contributed by atoms with E-state index in [0.29, 0.717) is 22.8 Å². The first-order chi connectivity index (χ1) is 9.81. The lowest BCUT2D eigenvalue weighted by Gasteiger charge is -2.14. The smallest absolute Gasteiger partial charge is 0.210 e. The summed E-state index contributed by atoms with van der Waals surface area (Å²) in [4.78, 5) is 20.9. The molecule has 0 unspecified atom stereocenters. The van der Waals surface area contributed by atoms with Crippen LogP contribution in [0.4, 0.5) is 0 Å². The molecular weight excluding hydrogens is 252 g/mol. The van der Waals surface area contributed by atoms with E-state index in [1.54, 1.807) is 24.5 Å². The summed E-state index contributed by atoms with van der Waals surface area (Å²) in [5.74, 6) is 0. The molecule has 20 heavy (non-hydrogen) atoms. The Labute approximate surface area is 113 Å². The Balaban J connectivity index is 2.42. The normalized spacial score (nSPS) is 13.2. The van der Waals surface area contributed by atoms with Crippen molar-refractivity contribution in [3.05, 3.63) is 51.9 Å². The molecule has 0 amide bonds. The van der Waals surface area contributed by atoms with Gasteiger partial charge in [-0.15, -0.1) is 0 Å². The van der Waals surface area contributed by atoms with E-state index in [0.717, 1.165) is 10.9 Å². The zero-order valence-corrected chi connectivity index (χ0v) is 10.4. The summed E-state index contributed by atoms with van der Waals surface area (Å²) in [6, 6.07) is 3.73. The summed E-state index contributed by atoms with van der Waals surface area (Å²) in [6.45, 7) is 0.620. The summed E-state index contributed by atoms with van der Waals surface area (Å²) >= 11 is 0. The summed E-state index contributed by atoms with van der Waals surface area (Å²) in [6.07, 6.45) is 8.86. The third kappa shape index (κ3) is 1.22. The van der Waals surface area contributed by atoms with Crippen LogP contribution in [0.5, 0.6) is 0 Å². The third-order valence-corrected chi connectivity index (χ3v) is 3.59. The number of hydrogen-bond acceptors (Lipinski definition) is 4. The molecule has 5 nitrogen and oxygen atoms in total. The molecule has 4 rings (SSSR count). The summed E-state index contributed by atoms with van der Waals surface area (Å²) in [5, 5.41) is 11.1. The van der Waals surface area contributed by atoms with Crippen LogP contribution in [0.15, 0.2) is 35.4 Å². The Morgan fingerprint density at radius 1 is 1.35 bits per heavy atom. The van der Waals surface area contributed by atoms with Crippen LogP contribution < -0.4 is 10.8 Å². The van der Waals surface area contributed by atoms with Gasteiger partial charge in [-0.05, 0) is 12.1 Å². The molecule has 4 heterocycles. The zero-order valence-electron chi connectivity index (χ0n) is 10.4. The molecule has 3 aromatic rings. The van der Waals surface area contributed by atoms with E-state index in [9.17, 15) is 4.79 Å². The second kappa shape index (κ2) is 3.75. The molecule has 0 bridgehead atoms. The fourth-order valence-corrected chi connectivity index (χ4v) is 2.71. The molecule has 0 spiro atoms. The van der Waals surface area contributed by atoms with E-state index < -0.39 is 0 Å². The fraction of sp³-hybridized carbons (Fsp3) is 0.0667. The number of pyridine rings is 3. The molecule has 5 heteroatoms. The second-order valence-corrected chi connectivity index (χ2v) is 4.61. The van der Waals surface area contributed by atoms with Crippen LogP contribution in [-0.4, -0.2) is 14.5 Å². The van der Waals surface area contributed by atoms with Gasteiger partial charge in [-0.1, -0.05) is 12.2 Å². The van der Waals surface area contributed by atoms with E-state index in [-0.39, 0.29) is 11.1 Å². The molecule has 0 aliphatic carbocycles. The van der Waals surface area contributed by atoms with Crippen LogP contribution >= 0.6 is 0 Å². The SMILES string of the molecule is N#Cc1ncc2c3c1nccc3c(=O)c1n2CC=CC=1. The average Bonchev–Trinajstić information content (AvgIpc) is 2.52. The Kier molecular flexibility index (Phi) is 2.04. The van der Waals surface area contributed by atoms with Gasteiger partial charge < -0.3 is 4.57 Å². The van der Waals surface area contributed by atoms with Crippen molar-refractivity contribution in [2.75, 3.05) is 0 Å². The molecule has 3 aromatic heterocycles. The third-order valence-electron chi connectivity index (χ3n) is 3.59. The lowest BCUT2D eigenvalue weighted by molar-refractivity contribution is 0.807. The predicted octanol–water partition coefficient (Wildman–Crippen LogP) is 0.886. The first-order valence-electron chi connectivity index (χ1n) is 6.18. The average molecular weight is 260 g/mol. The van der Waals surface area contributed by atoms with Crippen molar-refractivity contribution in [1.29, 1.82) is 5.26 Å². The van der Waals surface area contributed by atoms with Crippen LogP contribution in [0.2, 0.25) is 0 Å². The summed E-state index contributed by atoms with van der Waals surface area (Å²) in [7, 11) is 0. The number of rotatable bonds is 0. The molecule has 0 saturated heterocycles. The van der Waals surface area contributed by atoms with Gasteiger partial charge in [0.15, 0.2) is 5.69 Å². The first-order valence-corrected chi connectivity index (χ1v) is 6.18. The lowest BCUT2D eigenvalue weighted by atomic mass is 10.1. The van der Waals surface area contributed by atoms with Crippen molar-refractivity contribution in [2.45, 2.75) is 6.54 Å². The molecule has 0 radical (unpaired) electrons. The Hall–Kier alpha value is -3.00. The largest absolute Gasteiger partial charge is 0.333 e. The van der Waals surface area contributed by atoms with Gasteiger partial charge in [-0.25, -0.2) is 4.98 Å². The van der Waals surface area contributed by atoms with Crippen molar-refractivity contribution in [3.63, 3.8) is 0 Å². The van der Waals surface area contributed by atoms with E-state index in [1.807, 2.05) is 22.8 Å². The number of nitrogens with zero attached hydrogens (tertiary/aromatic N) is 4. The molecular formula is C15H8N4O. The van der Waals surface area contributed by atoms with Gasteiger partial charge in [0.1, 0.15) is 11.6 Å². The maximum Gasteiger partial charge on any atom is 0.210 e. The second-order valence-electron chi connectivity index (χ2n) is 4.61. The number of allylic oxidation sites excluding steroid dienone is 2. The number of hydrogen-bond donors (Lipinski definition) is 0. The van der Waals surface area contributed by atoms with Crippen molar-refractivity contribution in [2.24, 2.45) is 0 Å². The number of nitriles is 1. The summed E-state index contributed by atoms with van der Waals surface area (Å²) < 4.78 is 1.91. The fourth-order valence-electron chi connectivity index (χ4n) is 2.71. The molecule has 0 fully saturated rings. The van der Waals surface area contributed by atoms with Crippen LogP contribution in [0.25, 0.3) is 27.9 Å². The van der Waals surface area contributed by atoms with Crippen LogP contribution in [0.1, 0.15) is 5.69 Å². The highest BCUT2D eigenvalue weighted by Crippen LogP contribution is 2.23. The molecule has 94 valence electrons. The Bertz CT molecular complexity index is 1050. The van der Waals surface area contributed by atoms with Crippen molar-refractivity contribution in [1.82, 2.24) is 14.5 Å². The van der Waals surface area contributed by atoms with Gasteiger partial charge in [0.2, 0.25) is 5.43 Å². The van der Waals surface area contributed by atoms with Crippen molar-refractivity contribution in [3.8, 4) is 6.07 Å². The van der Waals surface area contributed by atoms with Crippen LogP contribution in [0.3, 0.4) is 0 Å². The topological polar surface area (TPSA) is 71.6 Å². The molecule has 1 aliphatic rings. The summed E-state index contributed by atoms with van der Waals surface area (Å²) in [5.41, 5.74) is 1.53. The van der Waals surface area contributed by atoms with E-state index in [4.69, 9.17) is 5.26 Å². The van der Waals surface area contributed by atoms with E-state index >= 15 is 0 Å². The van der Waals surface area contributed by atoms with Gasteiger partial charge in [0.05, 0.1) is 17.1 Å². The monoisotopic (exact) mass is 260 g/mol. The quantitative estimate of drug-likeness (QED) is 0.601. The predicted molar refractivity (Wildman–Crippen MR) is 74.8 cm³/mol. The maximum absolute atomic E-state index is 12.6. The van der Waals surface area contributed by atoms with Gasteiger partial charge in [0.25, 0.3) is 0 Å².